The predicted molar refractivity (Wildman–Crippen MR) is 94.9 cm³/mol. The average Bonchev–Trinajstić information content (AvgIpc) is 3.01. The van der Waals surface area contributed by atoms with Gasteiger partial charge in [-0.25, -0.2) is 4.79 Å². The third-order valence-corrected chi connectivity index (χ3v) is 4.93. The monoisotopic (exact) mass is 388 g/mol. The Labute approximate surface area is 160 Å². The molecule has 2 aliphatic heterocycles. The molecule has 0 aromatic heterocycles. The number of nitrogens with zero attached hydrogens (tertiary/aromatic N) is 2. The van der Waals surface area contributed by atoms with Crippen LogP contribution in [0.3, 0.4) is 0 Å². The van der Waals surface area contributed by atoms with Gasteiger partial charge in [0.05, 0.1) is 25.3 Å². The van der Waals surface area contributed by atoms with Crippen LogP contribution in [0.5, 0.6) is 0 Å². The molecule has 0 aromatic rings. The molecule has 0 saturated carbocycles. The van der Waals surface area contributed by atoms with Crippen LogP contribution in [0.1, 0.15) is 48.0 Å². The summed E-state index contributed by atoms with van der Waals surface area (Å²) >= 11 is 0. The van der Waals surface area contributed by atoms with E-state index >= 15 is 0 Å². The minimum absolute atomic E-state index is 0.153. The molecule has 0 aliphatic carbocycles. The van der Waals surface area contributed by atoms with Gasteiger partial charge in [0.2, 0.25) is 0 Å². The van der Waals surface area contributed by atoms with Crippen molar-refractivity contribution in [1.29, 1.82) is 0 Å². The highest BCUT2D eigenvalue weighted by atomic mass is 16.6. The van der Waals surface area contributed by atoms with Crippen LogP contribution in [-0.2, 0) is 19.0 Å². The van der Waals surface area contributed by atoms with Crippen molar-refractivity contribution in [3.05, 3.63) is 0 Å². The minimum atomic E-state index is -0.949. The Morgan fingerprint density at radius 3 is 2.44 bits per heavy atom. The number of aliphatic hydroxyl groups is 1. The van der Waals surface area contributed by atoms with Gasteiger partial charge in [0.25, 0.3) is 0 Å². The fraction of sp³-hybridized carbons (Fsp3) is 0.889. The molecular weight excluding hydrogens is 356 g/mol. The number of amides is 1. The predicted octanol–water partition coefficient (Wildman–Crippen LogP) is 1.36. The summed E-state index contributed by atoms with van der Waals surface area (Å²) in [5.41, 5.74) is -1.64. The summed E-state index contributed by atoms with van der Waals surface area (Å²) in [5.74, 6) is -0.972. The molecule has 2 saturated heterocycles. The maximum atomic E-state index is 12.8. The second-order valence-corrected chi connectivity index (χ2v) is 8.49. The van der Waals surface area contributed by atoms with Gasteiger partial charge >= 0.3 is 12.1 Å². The summed E-state index contributed by atoms with van der Waals surface area (Å²) in [6.07, 6.45) is -0.338. The number of rotatable bonds is 4. The highest BCUT2D eigenvalue weighted by Gasteiger charge is 2.56. The lowest BCUT2D eigenvalue weighted by molar-refractivity contribution is -0.181. The van der Waals surface area contributed by atoms with Crippen LogP contribution in [-0.4, -0.2) is 81.6 Å². The molecule has 156 valence electrons. The Hall–Kier alpha value is -1.42. The maximum Gasteiger partial charge on any atom is 0.412 e. The molecule has 2 aliphatic rings. The number of carbonyl (C=O) groups excluding carboxylic acids is 2. The number of ether oxygens (including phenoxy) is 3. The number of hydroxylamine groups is 2. The van der Waals surface area contributed by atoms with Crippen LogP contribution in [0.25, 0.3) is 0 Å². The Kier molecular flexibility index (Phi) is 6.40. The van der Waals surface area contributed by atoms with Gasteiger partial charge in [-0.15, -0.1) is 0 Å². The van der Waals surface area contributed by atoms with Crippen LogP contribution in [0, 0.1) is 5.92 Å². The van der Waals surface area contributed by atoms with Gasteiger partial charge in [0, 0.05) is 12.5 Å². The molecule has 27 heavy (non-hydrogen) atoms. The molecule has 0 radical (unpaired) electrons. The Balaban J connectivity index is 2.29. The molecule has 9 heteroatoms. The SMILES string of the molecule is CCOC(=O)[C@H]1C[C@H](CO)[C@H]([C@H]2COC(C)(C)N2C(=O)OC(C)(C)C)N1O. The van der Waals surface area contributed by atoms with E-state index in [1.807, 2.05) is 0 Å². The third-order valence-electron chi connectivity index (χ3n) is 4.93. The first-order valence-corrected chi connectivity index (χ1v) is 9.34. The zero-order valence-electron chi connectivity index (χ0n) is 17.0. The molecule has 0 bridgehead atoms. The lowest BCUT2D eigenvalue weighted by Crippen LogP contribution is -2.58. The number of carbonyl (C=O) groups is 2. The first kappa shape index (κ1) is 21.9. The molecule has 1 amide bonds. The third kappa shape index (κ3) is 4.53. The van der Waals surface area contributed by atoms with Crippen LogP contribution >= 0.6 is 0 Å². The average molecular weight is 388 g/mol. The van der Waals surface area contributed by atoms with Crippen LogP contribution in [0.15, 0.2) is 0 Å². The van der Waals surface area contributed by atoms with E-state index in [1.165, 1.54) is 4.90 Å². The smallest absolute Gasteiger partial charge is 0.412 e. The summed E-state index contributed by atoms with van der Waals surface area (Å²) in [7, 11) is 0. The summed E-state index contributed by atoms with van der Waals surface area (Å²) < 4.78 is 16.3. The van der Waals surface area contributed by atoms with Crippen LogP contribution in [0.2, 0.25) is 0 Å². The van der Waals surface area contributed by atoms with Gasteiger partial charge in [0.1, 0.15) is 17.4 Å². The largest absolute Gasteiger partial charge is 0.465 e. The standard InChI is InChI=1S/C18H32N2O7/c1-7-25-15(22)12-8-11(9-21)14(20(12)24)13-10-26-18(5,6)19(13)16(23)27-17(2,3)4/h11-14,21,24H,7-10H2,1-6H3/t11-,12-,13-,14-/m1/s1. The molecule has 0 spiro atoms. The normalized spacial score (nSPS) is 31.2. The topological polar surface area (TPSA) is 109 Å². The van der Waals surface area contributed by atoms with E-state index in [4.69, 9.17) is 14.2 Å². The van der Waals surface area contributed by atoms with Crippen LogP contribution < -0.4 is 0 Å². The van der Waals surface area contributed by atoms with Gasteiger partial charge in [-0.05, 0) is 48.0 Å². The minimum Gasteiger partial charge on any atom is -0.465 e. The summed E-state index contributed by atoms with van der Waals surface area (Å²) in [5, 5.41) is 21.4. The number of hydrogen-bond donors (Lipinski definition) is 2. The first-order valence-electron chi connectivity index (χ1n) is 9.34. The van der Waals surface area contributed by atoms with Crippen molar-refractivity contribution in [1.82, 2.24) is 9.96 Å². The highest BCUT2D eigenvalue weighted by molar-refractivity contribution is 5.76. The summed E-state index contributed by atoms with van der Waals surface area (Å²) in [6, 6.07) is -2.16. The molecule has 2 fully saturated rings. The number of esters is 1. The van der Waals surface area contributed by atoms with E-state index in [2.05, 4.69) is 0 Å². The fourth-order valence-corrected chi connectivity index (χ4v) is 3.82. The number of aliphatic hydroxyl groups excluding tert-OH is 1. The van der Waals surface area contributed by atoms with Gasteiger partial charge < -0.3 is 24.5 Å². The zero-order valence-corrected chi connectivity index (χ0v) is 17.0. The van der Waals surface area contributed by atoms with Gasteiger partial charge in [0.15, 0.2) is 0 Å². The van der Waals surface area contributed by atoms with E-state index in [0.717, 1.165) is 5.06 Å². The summed E-state index contributed by atoms with van der Waals surface area (Å²) in [4.78, 5) is 26.4. The quantitative estimate of drug-likeness (QED) is 0.695. The molecule has 2 heterocycles. The molecular formula is C18H32N2O7. The molecule has 9 nitrogen and oxygen atoms in total. The van der Waals surface area contributed by atoms with Crippen molar-refractivity contribution >= 4 is 12.1 Å². The molecule has 0 unspecified atom stereocenters. The Morgan fingerprint density at radius 1 is 1.30 bits per heavy atom. The van der Waals surface area contributed by atoms with Gasteiger partial charge in [-0.3, -0.25) is 9.69 Å². The van der Waals surface area contributed by atoms with Crippen molar-refractivity contribution in [2.45, 2.75) is 77.4 Å². The van der Waals surface area contributed by atoms with Gasteiger partial charge in [-0.1, -0.05) is 0 Å². The zero-order chi connectivity index (χ0) is 20.6. The molecule has 0 aromatic carbocycles. The van der Waals surface area contributed by atoms with E-state index in [9.17, 15) is 19.9 Å². The lowest BCUT2D eigenvalue weighted by atomic mass is 9.93. The van der Waals surface area contributed by atoms with Crippen molar-refractivity contribution < 1.29 is 34.1 Å². The highest BCUT2D eigenvalue weighted by Crippen LogP contribution is 2.39. The second-order valence-electron chi connectivity index (χ2n) is 8.49. The second kappa shape index (κ2) is 7.90. The van der Waals surface area contributed by atoms with Crippen molar-refractivity contribution in [3.63, 3.8) is 0 Å². The van der Waals surface area contributed by atoms with Crippen molar-refractivity contribution in [3.8, 4) is 0 Å². The van der Waals surface area contributed by atoms with E-state index in [0.29, 0.717) is 0 Å². The van der Waals surface area contributed by atoms with E-state index in [1.54, 1.807) is 41.5 Å². The first-order chi connectivity index (χ1) is 12.4. The molecule has 4 atom stereocenters. The van der Waals surface area contributed by atoms with Crippen molar-refractivity contribution in [2.24, 2.45) is 5.92 Å². The van der Waals surface area contributed by atoms with Gasteiger partial charge in [-0.2, -0.15) is 5.06 Å². The number of hydrogen-bond acceptors (Lipinski definition) is 8. The Bertz CT molecular complexity index is 560. The van der Waals surface area contributed by atoms with Crippen molar-refractivity contribution in [2.75, 3.05) is 19.8 Å². The maximum absolute atomic E-state index is 12.8. The van der Waals surface area contributed by atoms with E-state index < -0.39 is 47.4 Å². The lowest BCUT2D eigenvalue weighted by Gasteiger charge is -2.39. The summed E-state index contributed by atoms with van der Waals surface area (Å²) in [6.45, 7) is 10.6. The van der Waals surface area contributed by atoms with E-state index in [-0.39, 0.29) is 26.2 Å². The molecule has 2 rings (SSSR count). The van der Waals surface area contributed by atoms with Crippen LogP contribution in [0.4, 0.5) is 4.79 Å². The fourth-order valence-electron chi connectivity index (χ4n) is 3.82. The molecule has 2 N–H and O–H groups in total. The Morgan fingerprint density at radius 2 is 1.93 bits per heavy atom.